The summed E-state index contributed by atoms with van der Waals surface area (Å²) in [4.78, 5) is 5.49. The fourth-order valence-electron chi connectivity index (χ4n) is 13.2. The summed E-state index contributed by atoms with van der Waals surface area (Å²) in [5, 5.41) is 3.64. The molecule has 0 N–H and O–H groups in total. The van der Waals surface area contributed by atoms with Crippen LogP contribution in [0.2, 0.25) is 0 Å². The fraction of sp³-hybridized carbons (Fsp3) is 0.0635. The maximum atomic E-state index is 5.49. The Morgan fingerprint density at radius 1 is 0.453 bits per heavy atom. The number of pyridine rings is 1. The molecule has 0 radical (unpaired) electrons. The molecule has 1 heterocycles. The molecule has 294 valence electrons. The molecule has 5 aliphatic carbocycles. The third kappa shape index (κ3) is 4.11. The van der Waals surface area contributed by atoms with Gasteiger partial charge in [0.05, 0.1) is 22.0 Å². The van der Waals surface area contributed by atoms with Crippen LogP contribution in [0.5, 0.6) is 0 Å². The Labute approximate surface area is 372 Å². The lowest BCUT2D eigenvalue weighted by molar-refractivity contribution is 0.495. The first-order valence-electron chi connectivity index (χ1n) is 22.6. The molecule has 0 amide bonds. The van der Waals surface area contributed by atoms with Crippen molar-refractivity contribution in [2.24, 2.45) is 5.92 Å². The van der Waals surface area contributed by atoms with Gasteiger partial charge in [-0.05, 0) is 137 Å². The van der Waals surface area contributed by atoms with E-state index >= 15 is 0 Å². The van der Waals surface area contributed by atoms with E-state index in [-0.39, 0.29) is 5.41 Å². The summed E-state index contributed by atoms with van der Waals surface area (Å²) in [6, 6.07) is 77.4. The zero-order valence-electron chi connectivity index (χ0n) is 34.9. The van der Waals surface area contributed by atoms with Gasteiger partial charge in [0.25, 0.3) is 0 Å². The Kier molecular flexibility index (Phi) is 6.65. The Morgan fingerprint density at radius 2 is 1.06 bits per heavy atom. The highest BCUT2D eigenvalue weighted by molar-refractivity contribution is 6.13. The Hall–Kier alpha value is -8.05. The third-order valence-corrected chi connectivity index (χ3v) is 15.6. The molecule has 1 heteroatoms. The van der Waals surface area contributed by atoms with Crippen molar-refractivity contribution in [1.29, 1.82) is 0 Å². The van der Waals surface area contributed by atoms with Crippen LogP contribution in [0.1, 0.15) is 50.9 Å². The van der Waals surface area contributed by atoms with Crippen molar-refractivity contribution in [3.05, 3.63) is 263 Å². The van der Waals surface area contributed by atoms with Crippen LogP contribution >= 0.6 is 0 Å². The van der Waals surface area contributed by atoms with Gasteiger partial charge in [-0.25, -0.2) is 4.98 Å². The van der Waals surface area contributed by atoms with Gasteiger partial charge >= 0.3 is 0 Å². The monoisotopic (exact) mass is 807 g/mol. The fourth-order valence-corrected chi connectivity index (χ4v) is 13.2. The number of hydrogen-bond donors (Lipinski definition) is 0. The molecule has 0 bridgehead atoms. The van der Waals surface area contributed by atoms with Gasteiger partial charge in [-0.3, -0.25) is 0 Å². The predicted octanol–water partition coefficient (Wildman–Crippen LogP) is 15.0. The second-order valence-electron chi connectivity index (χ2n) is 18.2. The van der Waals surface area contributed by atoms with Gasteiger partial charge in [0.1, 0.15) is 0 Å². The number of fused-ring (bicyclic) bond motifs is 23. The van der Waals surface area contributed by atoms with Crippen LogP contribution in [0.15, 0.2) is 206 Å². The second kappa shape index (κ2) is 12.3. The van der Waals surface area contributed by atoms with E-state index in [9.17, 15) is 0 Å². The quantitative estimate of drug-likeness (QED) is 0.159. The molecule has 0 saturated heterocycles. The smallest absolute Gasteiger partial charge is 0.0804 e. The largest absolute Gasteiger partial charge is 0.247 e. The van der Waals surface area contributed by atoms with Gasteiger partial charge in [0, 0.05) is 27.8 Å². The second-order valence-corrected chi connectivity index (χ2v) is 18.2. The lowest BCUT2D eigenvalue weighted by Crippen LogP contribution is -2.32. The molecule has 0 aliphatic heterocycles. The van der Waals surface area contributed by atoms with Crippen molar-refractivity contribution in [2.75, 3.05) is 0 Å². The summed E-state index contributed by atoms with van der Waals surface area (Å²) < 4.78 is 0. The standard InChI is InChI=1S/C63H37N/c1-8-22-52-41(15-1)42-16-2-9-23-53(42)62(52)56-26-12-5-19-45(56)47-34-33-40(35-58(47)62)38-29-31-39(32-30-38)61-51-36-50-46-20-6-13-27-57(46)63(59(50)37-49(51)48-21-7-14-28-60(48)64-61)54-24-10-3-17-43(54)44-18-4-11-25-55(44)63/h1-8,10-22,24-26,28-37,57H,27H2. The number of nitrogens with zero attached hydrogens (tertiary/aromatic N) is 1. The summed E-state index contributed by atoms with van der Waals surface area (Å²) in [7, 11) is 0. The van der Waals surface area contributed by atoms with Crippen LogP contribution in [0, 0.1) is 18.1 Å². The number of aromatic nitrogens is 1. The Balaban J connectivity index is 0.914. The number of rotatable bonds is 2. The number of benzene rings is 8. The molecule has 2 spiro atoms. The first-order chi connectivity index (χ1) is 31.7. The van der Waals surface area contributed by atoms with E-state index in [4.69, 9.17) is 4.98 Å². The molecule has 15 rings (SSSR count). The lowest BCUT2D eigenvalue weighted by Gasteiger charge is -2.36. The minimum atomic E-state index is -0.455. The van der Waals surface area contributed by atoms with E-state index in [1.807, 2.05) is 6.07 Å². The maximum absolute atomic E-state index is 5.49. The molecule has 64 heavy (non-hydrogen) atoms. The van der Waals surface area contributed by atoms with Crippen molar-refractivity contribution in [2.45, 2.75) is 17.3 Å². The maximum Gasteiger partial charge on any atom is 0.0804 e. The van der Waals surface area contributed by atoms with E-state index in [1.54, 1.807) is 0 Å². The SMILES string of the molecule is c1ccc2c(c#1)C1(c3ccccc3-2)c2ccccc2-c2ccc(-c3ccc(-c4nc5ccccc5c5cc6c(cc45)C4=CC=CCC4C64c5ccccc5-c5ccccc54)cc3)cc21. The minimum Gasteiger partial charge on any atom is -0.247 e. The molecule has 5 aliphatic rings. The van der Waals surface area contributed by atoms with Crippen molar-refractivity contribution >= 4 is 27.2 Å². The topological polar surface area (TPSA) is 12.9 Å². The van der Waals surface area contributed by atoms with Gasteiger partial charge in [-0.2, -0.15) is 0 Å². The van der Waals surface area contributed by atoms with Gasteiger partial charge in [0.15, 0.2) is 0 Å². The highest BCUT2D eigenvalue weighted by Crippen LogP contribution is 2.66. The summed E-state index contributed by atoms with van der Waals surface area (Å²) in [6.07, 6.45) is 8.03. The molecule has 1 nitrogen and oxygen atoms in total. The highest BCUT2D eigenvalue weighted by Gasteiger charge is 2.56. The molecule has 2 unspecified atom stereocenters. The number of hydrogen-bond acceptors (Lipinski definition) is 1. The molecule has 2 atom stereocenters. The minimum absolute atomic E-state index is 0.270. The van der Waals surface area contributed by atoms with E-state index in [1.165, 1.54) is 111 Å². The lowest BCUT2D eigenvalue weighted by atomic mass is 9.65. The first-order valence-corrected chi connectivity index (χ1v) is 22.6. The van der Waals surface area contributed by atoms with Crippen LogP contribution in [0.4, 0.5) is 0 Å². The van der Waals surface area contributed by atoms with E-state index < -0.39 is 5.41 Å². The normalized spacial score (nSPS) is 16.7. The van der Waals surface area contributed by atoms with E-state index in [2.05, 4.69) is 212 Å². The van der Waals surface area contributed by atoms with Crippen LogP contribution in [0.25, 0.3) is 83.0 Å². The Bertz CT molecular complexity index is 3660. The van der Waals surface area contributed by atoms with Crippen LogP contribution in [-0.2, 0) is 10.8 Å². The van der Waals surface area contributed by atoms with Gasteiger partial charge in [-0.1, -0.05) is 182 Å². The molecule has 0 saturated carbocycles. The highest BCUT2D eigenvalue weighted by atomic mass is 14.7. The van der Waals surface area contributed by atoms with Crippen LogP contribution in [0.3, 0.4) is 0 Å². The van der Waals surface area contributed by atoms with Crippen molar-refractivity contribution < 1.29 is 0 Å². The van der Waals surface area contributed by atoms with E-state index in [0.29, 0.717) is 5.92 Å². The Morgan fingerprint density at radius 3 is 1.81 bits per heavy atom. The van der Waals surface area contributed by atoms with Crippen molar-refractivity contribution in [3.63, 3.8) is 0 Å². The van der Waals surface area contributed by atoms with E-state index in [0.717, 1.165) is 23.2 Å². The molecule has 9 aromatic carbocycles. The summed E-state index contributed by atoms with van der Waals surface area (Å²) in [5.74, 6) is 0.303. The van der Waals surface area contributed by atoms with Crippen LogP contribution < -0.4 is 0 Å². The molecule has 10 aromatic rings. The van der Waals surface area contributed by atoms with Crippen molar-refractivity contribution in [3.8, 4) is 55.8 Å². The zero-order valence-corrected chi connectivity index (χ0v) is 34.9. The summed E-state index contributed by atoms with van der Waals surface area (Å²) >= 11 is 0. The third-order valence-electron chi connectivity index (χ3n) is 15.6. The first kappa shape index (κ1) is 34.5. The van der Waals surface area contributed by atoms with Gasteiger partial charge < -0.3 is 0 Å². The van der Waals surface area contributed by atoms with Crippen molar-refractivity contribution in [1.82, 2.24) is 4.98 Å². The predicted molar refractivity (Wildman–Crippen MR) is 261 cm³/mol. The van der Waals surface area contributed by atoms with Gasteiger partial charge in [0.2, 0.25) is 0 Å². The average molecular weight is 808 g/mol. The molecular formula is C63H37N. The molecular weight excluding hydrogens is 771 g/mol. The average Bonchev–Trinajstić information content (AvgIpc) is 4.04. The zero-order chi connectivity index (χ0) is 41.7. The van der Waals surface area contributed by atoms with Gasteiger partial charge in [-0.15, -0.1) is 0 Å². The van der Waals surface area contributed by atoms with Crippen LogP contribution in [-0.4, -0.2) is 4.98 Å². The number of allylic oxidation sites excluding steroid dienone is 4. The molecule has 1 aromatic heterocycles. The molecule has 0 fully saturated rings. The number of para-hydroxylation sites is 1. The summed E-state index contributed by atoms with van der Waals surface area (Å²) in [5.41, 5.74) is 24.8. The summed E-state index contributed by atoms with van der Waals surface area (Å²) in [6.45, 7) is 0.